The van der Waals surface area contributed by atoms with Crippen LogP contribution in [-0.4, -0.2) is 27.1 Å². The monoisotopic (exact) mass is 460 g/mol. The third-order valence-corrected chi connectivity index (χ3v) is 5.74. The number of nitrogens with one attached hydrogen (secondary N) is 1. The number of rotatable bonds is 7. The van der Waals surface area contributed by atoms with E-state index in [-0.39, 0.29) is 18.5 Å². The topological polar surface area (TPSA) is 68.5 Å². The predicted molar refractivity (Wildman–Crippen MR) is 121 cm³/mol. The van der Waals surface area contributed by atoms with Crippen LogP contribution in [0.15, 0.2) is 47.8 Å². The fraction of sp³-hybridized carbons (Fsp3) is 0.190. The van der Waals surface area contributed by atoms with Gasteiger partial charge in [0.15, 0.2) is 6.61 Å². The van der Waals surface area contributed by atoms with E-state index in [0.29, 0.717) is 20.8 Å². The summed E-state index contributed by atoms with van der Waals surface area (Å²) in [4.78, 5) is 17.2. The Kier molecular flexibility index (Phi) is 6.22. The van der Waals surface area contributed by atoms with Crippen LogP contribution in [0.5, 0.6) is 5.75 Å². The van der Waals surface area contributed by atoms with E-state index in [0.717, 1.165) is 24.1 Å². The summed E-state index contributed by atoms with van der Waals surface area (Å²) in [5.74, 6) is 0.514. The van der Waals surface area contributed by atoms with Gasteiger partial charge in [0.1, 0.15) is 5.75 Å². The van der Waals surface area contributed by atoms with Gasteiger partial charge in [-0.1, -0.05) is 48.7 Å². The van der Waals surface area contributed by atoms with E-state index >= 15 is 0 Å². The van der Waals surface area contributed by atoms with Crippen molar-refractivity contribution in [2.24, 2.45) is 0 Å². The summed E-state index contributed by atoms with van der Waals surface area (Å²) in [6, 6.07) is 13.0. The molecule has 4 aromatic rings. The molecule has 0 atom stereocenters. The van der Waals surface area contributed by atoms with Gasteiger partial charge in [-0.2, -0.15) is 4.98 Å². The quantitative estimate of drug-likeness (QED) is 0.382. The van der Waals surface area contributed by atoms with Gasteiger partial charge in [0.05, 0.1) is 10.7 Å². The molecule has 9 heteroatoms. The molecule has 0 aliphatic carbocycles. The molecule has 0 fully saturated rings. The van der Waals surface area contributed by atoms with Gasteiger partial charge in [-0.25, -0.2) is 4.52 Å². The summed E-state index contributed by atoms with van der Waals surface area (Å²) in [5.41, 5.74) is 2.80. The number of anilines is 1. The molecule has 0 radical (unpaired) electrons. The Morgan fingerprint density at radius 3 is 2.73 bits per heavy atom. The molecule has 0 saturated heterocycles. The van der Waals surface area contributed by atoms with E-state index in [4.69, 9.17) is 27.9 Å². The van der Waals surface area contributed by atoms with Gasteiger partial charge in [-0.3, -0.25) is 10.1 Å². The van der Waals surface area contributed by atoms with Gasteiger partial charge in [0.25, 0.3) is 11.9 Å². The molecule has 0 saturated carbocycles. The first kappa shape index (κ1) is 20.7. The van der Waals surface area contributed by atoms with E-state index in [1.165, 1.54) is 16.9 Å². The van der Waals surface area contributed by atoms with Crippen molar-refractivity contribution >= 4 is 51.4 Å². The third-order valence-electron chi connectivity index (χ3n) is 4.37. The Hall–Kier alpha value is -2.61. The summed E-state index contributed by atoms with van der Waals surface area (Å²) in [5, 5.41) is 10.0. The Labute approximate surface area is 187 Å². The number of hydrogen-bond donors (Lipinski definition) is 1. The van der Waals surface area contributed by atoms with Crippen molar-refractivity contribution in [1.29, 1.82) is 0 Å². The summed E-state index contributed by atoms with van der Waals surface area (Å²) in [7, 11) is 0. The summed E-state index contributed by atoms with van der Waals surface area (Å²) in [6.45, 7) is 2.01. The molecule has 2 aromatic heterocycles. The van der Waals surface area contributed by atoms with Crippen LogP contribution >= 0.6 is 34.5 Å². The number of fused-ring (bicyclic) bond motifs is 1. The summed E-state index contributed by atoms with van der Waals surface area (Å²) in [6.07, 6.45) is 2.11. The van der Waals surface area contributed by atoms with Crippen LogP contribution in [-0.2, 0) is 11.2 Å². The molecule has 0 spiro atoms. The van der Waals surface area contributed by atoms with Crippen molar-refractivity contribution in [3.05, 3.63) is 63.5 Å². The van der Waals surface area contributed by atoms with E-state index in [1.54, 1.807) is 16.6 Å². The average Bonchev–Trinajstić information content (AvgIpc) is 3.28. The highest BCUT2D eigenvalue weighted by molar-refractivity contribution is 7.15. The highest BCUT2D eigenvalue weighted by Gasteiger charge is 2.15. The Bertz CT molecular complexity index is 1190. The SMILES string of the molecule is CCCc1ccc(OCC(=O)Nc2nc3scc(-c4ccc(Cl)cc4Cl)n3n2)cc1. The van der Waals surface area contributed by atoms with Crippen LogP contribution in [0.1, 0.15) is 18.9 Å². The minimum atomic E-state index is -0.336. The first-order valence-electron chi connectivity index (χ1n) is 9.35. The minimum absolute atomic E-state index is 0.129. The molecule has 2 heterocycles. The normalized spacial score (nSPS) is 11.0. The van der Waals surface area contributed by atoms with Crippen LogP contribution in [0.3, 0.4) is 0 Å². The lowest BCUT2D eigenvalue weighted by Crippen LogP contribution is -2.21. The smallest absolute Gasteiger partial charge is 0.264 e. The molecule has 154 valence electrons. The average molecular weight is 461 g/mol. The van der Waals surface area contributed by atoms with E-state index < -0.39 is 0 Å². The third kappa shape index (κ3) is 4.59. The van der Waals surface area contributed by atoms with Crippen LogP contribution in [0, 0.1) is 0 Å². The zero-order valence-electron chi connectivity index (χ0n) is 16.1. The maximum atomic E-state index is 12.2. The first-order chi connectivity index (χ1) is 14.5. The molecular formula is C21H18Cl2N4O2S. The number of benzene rings is 2. The van der Waals surface area contributed by atoms with Crippen LogP contribution in [0.25, 0.3) is 16.2 Å². The molecule has 6 nitrogen and oxygen atoms in total. The highest BCUT2D eigenvalue weighted by Crippen LogP contribution is 2.33. The molecule has 0 bridgehead atoms. The molecule has 30 heavy (non-hydrogen) atoms. The molecule has 0 unspecified atom stereocenters. The number of thiazole rings is 1. The van der Waals surface area contributed by atoms with Gasteiger partial charge in [-0.15, -0.1) is 16.4 Å². The van der Waals surface area contributed by atoms with E-state index in [2.05, 4.69) is 22.3 Å². The number of ether oxygens (including phenoxy) is 1. The number of halogens is 2. The van der Waals surface area contributed by atoms with Gasteiger partial charge in [-0.05, 0) is 42.3 Å². The largest absolute Gasteiger partial charge is 0.484 e. The molecule has 1 N–H and O–H groups in total. The number of nitrogens with zero attached hydrogens (tertiary/aromatic N) is 3. The van der Waals surface area contributed by atoms with Crippen molar-refractivity contribution in [1.82, 2.24) is 14.6 Å². The number of carbonyl (C=O) groups is 1. The molecule has 2 aromatic carbocycles. The highest BCUT2D eigenvalue weighted by atomic mass is 35.5. The van der Waals surface area contributed by atoms with Crippen molar-refractivity contribution in [3.8, 4) is 17.0 Å². The van der Waals surface area contributed by atoms with Gasteiger partial charge in [0.2, 0.25) is 4.96 Å². The molecule has 0 aliphatic heterocycles. The van der Waals surface area contributed by atoms with Crippen LogP contribution in [0.2, 0.25) is 10.0 Å². The first-order valence-corrected chi connectivity index (χ1v) is 11.0. The second kappa shape index (κ2) is 9.04. The standard InChI is InChI=1S/C21H18Cl2N4O2S/c1-2-3-13-4-7-15(8-5-13)29-11-19(28)24-20-25-21-27(26-20)18(12-30-21)16-9-6-14(22)10-17(16)23/h4-10,12H,2-3,11H2,1H3,(H,24,26,28). The van der Waals surface area contributed by atoms with Crippen LogP contribution in [0.4, 0.5) is 5.95 Å². The number of hydrogen-bond acceptors (Lipinski definition) is 5. The fourth-order valence-electron chi connectivity index (χ4n) is 2.97. The van der Waals surface area contributed by atoms with E-state index in [1.807, 2.05) is 35.7 Å². The molecule has 4 rings (SSSR count). The minimum Gasteiger partial charge on any atom is -0.484 e. The fourth-order valence-corrected chi connectivity index (χ4v) is 4.30. The van der Waals surface area contributed by atoms with Crippen molar-refractivity contribution in [2.45, 2.75) is 19.8 Å². The van der Waals surface area contributed by atoms with Gasteiger partial charge >= 0.3 is 0 Å². The van der Waals surface area contributed by atoms with Gasteiger partial charge < -0.3 is 4.74 Å². The van der Waals surface area contributed by atoms with E-state index in [9.17, 15) is 4.79 Å². The lowest BCUT2D eigenvalue weighted by molar-refractivity contribution is -0.118. The maximum absolute atomic E-state index is 12.2. The summed E-state index contributed by atoms with van der Waals surface area (Å²) < 4.78 is 7.19. The predicted octanol–water partition coefficient (Wildman–Crippen LogP) is 5.73. The van der Waals surface area contributed by atoms with Gasteiger partial charge in [0, 0.05) is 16.0 Å². The number of aryl methyl sites for hydroxylation is 1. The molecule has 1 amide bonds. The van der Waals surface area contributed by atoms with Crippen LogP contribution < -0.4 is 10.1 Å². The molecule has 0 aliphatic rings. The van der Waals surface area contributed by atoms with Crippen molar-refractivity contribution in [2.75, 3.05) is 11.9 Å². The van der Waals surface area contributed by atoms with Crippen molar-refractivity contribution < 1.29 is 9.53 Å². The lowest BCUT2D eigenvalue weighted by Gasteiger charge is -2.06. The summed E-state index contributed by atoms with van der Waals surface area (Å²) >= 11 is 13.7. The Morgan fingerprint density at radius 1 is 1.20 bits per heavy atom. The molecular weight excluding hydrogens is 443 g/mol. The zero-order valence-corrected chi connectivity index (χ0v) is 18.4. The second-order valence-electron chi connectivity index (χ2n) is 6.61. The maximum Gasteiger partial charge on any atom is 0.264 e. The second-order valence-corrected chi connectivity index (χ2v) is 8.29. The Balaban J connectivity index is 1.42. The van der Waals surface area contributed by atoms with Crippen molar-refractivity contribution in [3.63, 3.8) is 0 Å². The lowest BCUT2D eigenvalue weighted by atomic mass is 10.1. The Morgan fingerprint density at radius 2 is 2.00 bits per heavy atom. The number of amides is 1. The zero-order chi connectivity index (χ0) is 21.1. The number of carbonyl (C=O) groups excluding carboxylic acids is 1. The number of aromatic nitrogens is 3.